The lowest BCUT2D eigenvalue weighted by Crippen LogP contribution is -2.30. The fraction of sp³-hybridized carbons (Fsp3) is 0.111. The van der Waals surface area contributed by atoms with Crippen LogP contribution in [-0.4, -0.2) is 28.6 Å². The van der Waals surface area contributed by atoms with Crippen LogP contribution in [-0.2, 0) is 0 Å². The third-order valence-corrected chi connectivity index (χ3v) is 2.04. The molecular formula is C9H8NO3+. The minimum Gasteiger partial charge on any atom is -0.429 e. The highest BCUT2D eigenvalue weighted by atomic mass is 16.3. The van der Waals surface area contributed by atoms with Gasteiger partial charge in [0.2, 0.25) is 6.73 Å². The predicted molar refractivity (Wildman–Crippen MR) is 45.4 cm³/mol. The summed E-state index contributed by atoms with van der Waals surface area (Å²) in [6, 6.07) is 6.62. The Balaban J connectivity index is 2.57. The van der Waals surface area contributed by atoms with E-state index < -0.39 is 0 Å². The molecule has 0 unspecified atom stereocenters. The Hall–Kier alpha value is -1.68. The van der Waals surface area contributed by atoms with E-state index in [1.165, 1.54) is 0 Å². The first-order valence-corrected chi connectivity index (χ1v) is 3.85. The summed E-state index contributed by atoms with van der Waals surface area (Å²) in [5, 5.41) is 7.02. The molecule has 2 N–H and O–H groups in total. The van der Waals surface area contributed by atoms with Gasteiger partial charge in [-0.25, -0.2) is 4.90 Å². The molecule has 13 heavy (non-hydrogen) atoms. The van der Waals surface area contributed by atoms with Gasteiger partial charge in [-0.1, -0.05) is 12.1 Å². The highest BCUT2D eigenvalue weighted by molar-refractivity contribution is 6.21. The highest BCUT2D eigenvalue weighted by Gasteiger charge is 2.35. The number of imide groups is 1. The van der Waals surface area contributed by atoms with Crippen molar-refractivity contribution in [3.63, 3.8) is 0 Å². The van der Waals surface area contributed by atoms with E-state index in [2.05, 4.69) is 0 Å². The molecule has 1 aliphatic heterocycles. The number of carbonyl (C=O) groups is 2. The van der Waals surface area contributed by atoms with E-state index in [-0.39, 0.29) is 18.5 Å². The van der Waals surface area contributed by atoms with Gasteiger partial charge in [0.05, 0.1) is 11.1 Å². The average molecular weight is 178 g/mol. The monoisotopic (exact) mass is 178 g/mol. The number of benzene rings is 1. The van der Waals surface area contributed by atoms with Crippen molar-refractivity contribution >= 4 is 11.8 Å². The van der Waals surface area contributed by atoms with Gasteiger partial charge in [0.15, 0.2) is 0 Å². The normalized spacial score (nSPS) is 15.0. The SMILES string of the molecule is O=C1c2ccccc2C(=O)N1C[OH2+]. The molecule has 0 atom stereocenters. The third-order valence-electron chi connectivity index (χ3n) is 2.04. The summed E-state index contributed by atoms with van der Waals surface area (Å²) < 4.78 is 0. The number of nitrogens with zero attached hydrogens (tertiary/aromatic N) is 1. The molecule has 66 valence electrons. The molecule has 0 saturated heterocycles. The molecule has 0 spiro atoms. The van der Waals surface area contributed by atoms with Crippen LogP contribution in [0.5, 0.6) is 0 Å². The summed E-state index contributed by atoms with van der Waals surface area (Å²) in [4.78, 5) is 23.8. The molecule has 2 amide bonds. The fourth-order valence-corrected chi connectivity index (χ4v) is 1.38. The van der Waals surface area contributed by atoms with Crippen molar-refractivity contribution in [2.45, 2.75) is 0 Å². The molecule has 0 saturated carbocycles. The van der Waals surface area contributed by atoms with E-state index in [4.69, 9.17) is 5.11 Å². The van der Waals surface area contributed by atoms with Gasteiger partial charge in [0.25, 0.3) is 11.8 Å². The average Bonchev–Trinajstić information content (AvgIpc) is 2.41. The van der Waals surface area contributed by atoms with E-state index in [9.17, 15) is 9.59 Å². The quantitative estimate of drug-likeness (QED) is 0.447. The Morgan fingerprint density at radius 2 is 1.54 bits per heavy atom. The molecular weight excluding hydrogens is 170 g/mol. The Morgan fingerprint density at radius 1 is 1.08 bits per heavy atom. The van der Waals surface area contributed by atoms with Gasteiger partial charge in [-0.3, -0.25) is 9.59 Å². The smallest absolute Gasteiger partial charge is 0.267 e. The molecule has 0 bridgehead atoms. The number of hydrogen-bond donors (Lipinski definition) is 0. The van der Waals surface area contributed by atoms with E-state index >= 15 is 0 Å². The Kier molecular flexibility index (Phi) is 1.63. The van der Waals surface area contributed by atoms with E-state index in [0.29, 0.717) is 11.1 Å². The maximum absolute atomic E-state index is 11.4. The summed E-state index contributed by atoms with van der Waals surface area (Å²) in [5.74, 6) is -0.730. The van der Waals surface area contributed by atoms with E-state index in [1.807, 2.05) is 0 Å². The lowest BCUT2D eigenvalue weighted by molar-refractivity contribution is 0.0490. The van der Waals surface area contributed by atoms with Crippen LogP contribution >= 0.6 is 0 Å². The van der Waals surface area contributed by atoms with Gasteiger partial charge in [0, 0.05) is 0 Å². The zero-order valence-electron chi connectivity index (χ0n) is 6.78. The minimum absolute atomic E-state index is 0.313. The van der Waals surface area contributed by atoms with Crippen molar-refractivity contribution in [2.75, 3.05) is 6.73 Å². The molecule has 1 aromatic rings. The molecule has 0 aromatic heterocycles. The molecule has 0 radical (unpaired) electrons. The van der Waals surface area contributed by atoms with Crippen molar-refractivity contribution in [3.8, 4) is 0 Å². The van der Waals surface area contributed by atoms with Gasteiger partial charge in [-0.05, 0) is 12.1 Å². The molecule has 2 rings (SSSR count). The first kappa shape index (κ1) is 7.94. The second-order valence-electron chi connectivity index (χ2n) is 2.74. The largest absolute Gasteiger partial charge is 0.429 e. The highest BCUT2D eigenvalue weighted by Crippen LogP contribution is 2.21. The first-order chi connectivity index (χ1) is 6.25. The maximum atomic E-state index is 11.4. The molecule has 4 heteroatoms. The predicted octanol–water partition coefficient (Wildman–Crippen LogP) is -0.0353. The molecule has 0 fully saturated rings. The summed E-state index contributed by atoms with van der Waals surface area (Å²) >= 11 is 0. The van der Waals surface area contributed by atoms with Crippen molar-refractivity contribution < 1.29 is 14.7 Å². The zero-order chi connectivity index (χ0) is 9.42. The van der Waals surface area contributed by atoms with Gasteiger partial charge >= 0.3 is 0 Å². The second kappa shape index (κ2) is 2.67. The van der Waals surface area contributed by atoms with Gasteiger partial charge in [0.1, 0.15) is 0 Å². The molecule has 1 aromatic carbocycles. The summed E-state index contributed by atoms with van der Waals surface area (Å²) in [7, 11) is 0. The molecule has 4 nitrogen and oxygen atoms in total. The van der Waals surface area contributed by atoms with Crippen LogP contribution in [0.2, 0.25) is 0 Å². The van der Waals surface area contributed by atoms with Gasteiger partial charge in [-0.15, -0.1) is 0 Å². The summed E-state index contributed by atoms with van der Waals surface area (Å²) in [6.07, 6.45) is 0. The maximum Gasteiger partial charge on any atom is 0.267 e. The third kappa shape index (κ3) is 0.957. The molecule has 1 heterocycles. The number of fused-ring (bicyclic) bond motifs is 1. The Morgan fingerprint density at radius 3 is 1.92 bits per heavy atom. The summed E-state index contributed by atoms with van der Waals surface area (Å²) in [5.41, 5.74) is 0.805. The number of carbonyl (C=O) groups excluding carboxylic acids is 2. The van der Waals surface area contributed by atoms with E-state index in [1.54, 1.807) is 24.3 Å². The van der Waals surface area contributed by atoms with Crippen molar-refractivity contribution in [2.24, 2.45) is 0 Å². The minimum atomic E-state index is -0.365. The van der Waals surface area contributed by atoms with Crippen LogP contribution in [0.1, 0.15) is 20.7 Å². The van der Waals surface area contributed by atoms with Crippen LogP contribution in [0.3, 0.4) is 0 Å². The fourth-order valence-electron chi connectivity index (χ4n) is 1.38. The van der Waals surface area contributed by atoms with Gasteiger partial charge in [-0.2, -0.15) is 0 Å². The topological polar surface area (TPSA) is 60.3 Å². The standard InChI is InChI=1S/C9H7NO3/c11-5-10-8(12)6-3-1-2-4-7(6)9(10)13/h1-4,11H,5H2/p+1. The van der Waals surface area contributed by atoms with Crippen LogP contribution < -0.4 is 0 Å². The molecule has 1 aliphatic rings. The lowest BCUT2D eigenvalue weighted by Gasteiger charge is -2.04. The lowest BCUT2D eigenvalue weighted by atomic mass is 10.1. The Labute approximate surface area is 74.4 Å². The number of rotatable bonds is 1. The van der Waals surface area contributed by atoms with Crippen molar-refractivity contribution in [1.82, 2.24) is 4.90 Å². The van der Waals surface area contributed by atoms with Crippen molar-refractivity contribution in [3.05, 3.63) is 35.4 Å². The molecule has 0 aliphatic carbocycles. The van der Waals surface area contributed by atoms with Crippen LogP contribution in [0.4, 0.5) is 0 Å². The van der Waals surface area contributed by atoms with Crippen molar-refractivity contribution in [1.29, 1.82) is 0 Å². The summed E-state index contributed by atoms with van der Waals surface area (Å²) in [6.45, 7) is -0.313. The van der Waals surface area contributed by atoms with Crippen LogP contribution in [0.15, 0.2) is 24.3 Å². The number of hydrogen-bond acceptors (Lipinski definition) is 2. The Bertz CT molecular complexity index is 351. The van der Waals surface area contributed by atoms with Gasteiger partial charge < -0.3 is 5.11 Å². The number of amides is 2. The van der Waals surface area contributed by atoms with Crippen LogP contribution in [0, 0.1) is 0 Å². The second-order valence-corrected chi connectivity index (χ2v) is 2.74. The first-order valence-electron chi connectivity index (χ1n) is 3.85. The van der Waals surface area contributed by atoms with E-state index in [0.717, 1.165) is 4.90 Å². The van der Waals surface area contributed by atoms with Crippen LogP contribution in [0.25, 0.3) is 0 Å². The zero-order valence-corrected chi connectivity index (χ0v) is 6.78.